The molecule has 1 aromatic carbocycles. The molecule has 8 heteroatoms. The topological polar surface area (TPSA) is 58.6 Å². The van der Waals surface area contributed by atoms with E-state index in [1.807, 2.05) is 0 Å². The van der Waals surface area contributed by atoms with Crippen molar-refractivity contribution in [2.24, 2.45) is 0 Å². The first-order chi connectivity index (χ1) is 10.2. The van der Waals surface area contributed by atoms with Crippen LogP contribution in [0, 0.1) is 0 Å². The molecule has 0 spiro atoms. The van der Waals surface area contributed by atoms with Crippen molar-refractivity contribution in [1.82, 2.24) is 10.2 Å². The van der Waals surface area contributed by atoms with Crippen LogP contribution in [0.5, 0.6) is 0 Å². The highest BCUT2D eigenvalue weighted by Crippen LogP contribution is 2.39. The van der Waals surface area contributed by atoms with Crippen molar-refractivity contribution in [1.29, 1.82) is 0 Å². The van der Waals surface area contributed by atoms with E-state index in [0.29, 0.717) is 0 Å². The summed E-state index contributed by atoms with van der Waals surface area (Å²) in [6.07, 6.45) is -4.62. The third-order valence-electron chi connectivity index (χ3n) is 3.57. The van der Waals surface area contributed by atoms with E-state index in [1.165, 1.54) is 32.2 Å². The molecule has 1 fully saturated rings. The molecule has 2 rings (SSSR count). The largest absolute Gasteiger partial charge is 0.416 e. The third-order valence-corrected chi connectivity index (χ3v) is 3.57. The summed E-state index contributed by atoms with van der Waals surface area (Å²) in [5.41, 5.74) is -2.97. The molecule has 0 aliphatic carbocycles. The second-order valence-corrected chi connectivity index (χ2v) is 5.05. The minimum atomic E-state index is -4.62. The molecule has 1 saturated heterocycles. The van der Waals surface area contributed by atoms with Crippen molar-refractivity contribution >= 4 is 11.9 Å². The summed E-state index contributed by atoms with van der Waals surface area (Å²) in [5, 5.41) is 2.35. The molecule has 1 N–H and O–H groups in total. The Labute approximate surface area is 125 Å². The Kier molecular flexibility index (Phi) is 4.15. The first kappa shape index (κ1) is 16.3. The summed E-state index contributed by atoms with van der Waals surface area (Å²) in [5.74, 6) is -0.730. The molecular weight excluding hydrogens is 301 g/mol. The number of urea groups is 1. The molecule has 0 radical (unpaired) electrons. The van der Waals surface area contributed by atoms with Crippen LogP contribution in [0.25, 0.3) is 0 Å². The summed E-state index contributed by atoms with van der Waals surface area (Å²) in [6, 6.07) is 3.98. The Morgan fingerprint density at radius 3 is 2.50 bits per heavy atom. The molecule has 0 bridgehead atoms. The maximum atomic E-state index is 13.1. The Hall–Kier alpha value is -2.09. The van der Waals surface area contributed by atoms with E-state index < -0.39 is 29.2 Å². The predicted molar refractivity (Wildman–Crippen MR) is 70.9 cm³/mol. The highest BCUT2D eigenvalue weighted by molar-refractivity contribution is 6.07. The smallest absolute Gasteiger partial charge is 0.383 e. The van der Waals surface area contributed by atoms with E-state index >= 15 is 0 Å². The highest BCUT2D eigenvalue weighted by Gasteiger charge is 2.51. The standard InChI is InChI=1S/C14H15F3N2O3/c1-13(9-5-3-4-6-10(9)14(15,16)17)11(20)19(7-8-22-2)12(21)18-13/h3-6H,7-8H2,1-2H3,(H,18,21). The van der Waals surface area contributed by atoms with Crippen molar-refractivity contribution in [3.63, 3.8) is 0 Å². The number of halogens is 3. The SMILES string of the molecule is COCCN1C(=O)NC(C)(c2ccccc2C(F)(F)F)C1=O. The van der Waals surface area contributed by atoms with Gasteiger partial charge in [-0.2, -0.15) is 13.2 Å². The fraction of sp³-hybridized carbons (Fsp3) is 0.429. The van der Waals surface area contributed by atoms with Gasteiger partial charge in [-0.1, -0.05) is 18.2 Å². The van der Waals surface area contributed by atoms with Gasteiger partial charge in [0.15, 0.2) is 0 Å². The average molecular weight is 316 g/mol. The molecule has 1 unspecified atom stereocenters. The first-order valence-electron chi connectivity index (χ1n) is 6.51. The van der Waals surface area contributed by atoms with E-state index in [-0.39, 0.29) is 18.7 Å². The predicted octanol–water partition coefficient (Wildman–Crippen LogP) is 2.12. The summed E-state index contributed by atoms with van der Waals surface area (Å²) >= 11 is 0. The molecule has 1 atom stereocenters. The van der Waals surface area contributed by atoms with Gasteiger partial charge in [0.1, 0.15) is 5.54 Å². The van der Waals surface area contributed by atoms with Crippen LogP contribution in [0.15, 0.2) is 24.3 Å². The minimum Gasteiger partial charge on any atom is -0.383 e. The number of benzene rings is 1. The molecule has 1 heterocycles. The Balaban J connectivity index is 2.45. The van der Waals surface area contributed by atoms with Crippen molar-refractivity contribution < 1.29 is 27.5 Å². The van der Waals surface area contributed by atoms with Gasteiger partial charge in [0.25, 0.3) is 5.91 Å². The Morgan fingerprint density at radius 2 is 1.91 bits per heavy atom. The lowest BCUT2D eigenvalue weighted by Gasteiger charge is -2.25. The number of alkyl halides is 3. The summed E-state index contributed by atoms with van der Waals surface area (Å²) in [6.45, 7) is 1.35. The molecule has 120 valence electrons. The van der Waals surface area contributed by atoms with Crippen molar-refractivity contribution in [3.8, 4) is 0 Å². The minimum absolute atomic E-state index is 0.0229. The van der Waals surface area contributed by atoms with Crippen LogP contribution in [-0.4, -0.2) is 37.1 Å². The molecule has 0 saturated carbocycles. The van der Waals surface area contributed by atoms with Crippen molar-refractivity contribution in [3.05, 3.63) is 35.4 Å². The zero-order valence-corrected chi connectivity index (χ0v) is 12.0. The molecule has 1 aliphatic heterocycles. The number of hydrogen-bond donors (Lipinski definition) is 1. The molecule has 22 heavy (non-hydrogen) atoms. The van der Waals surface area contributed by atoms with Gasteiger partial charge >= 0.3 is 12.2 Å². The summed E-state index contributed by atoms with van der Waals surface area (Å²) in [4.78, 5) is 25.2. The number of rotatable bonds is 4. The van der Waals surface area contributed by atoms with Gasteiger partial charge in [-0.3, -0.25) is 9.69 Å². The van der Waals surface area contributed by atoms with Gasteiger partial charge < -0.3 is 10.1 Å². The highest BCUT2D eigenvalue weighted by atomic mass is 19.4. The number of ether oxygens (including phenoxy) is 1. The van der Waals surface area contributed by atoms with Crippen molar-refractivity contribution in [2.45, 2.75) is 18.6 Å². The van der Waals surface area contributed by atoms with Crippen LogP contribution in [0.3, 0.4) is 0 Å². The van der Waals surface area contributed by atoms with Crippen LogP contribution in [0.2, 0.25) is 0 Å². The number of nitrogens with one attached hydrogen (secondary N) is 1. The van der Waals surface area contributed by atoms with Gasteiger partial charge in [0, 0.05) is 7.11 Å². The molecule has 3 amide bonds. The second kappa shape index (κ2) is 5.60. The first-order valence-corrected chi connectivity index (χ1v) is 6.51. The van der Waals surface area contributed by atoms with Gasteiger partial charge in [-0.25, -0.2) is 4.79 Å². The number of carbonyl (C=O) groups excluding carboxylic acids is 2. The van der Waals surface area contributed by atoms with Crippen LogP contribution < -0.4 is 5.32 Å². The summed E-state index contributed by atoms with van der Waals surface area (Å²) < 4.78 is 44.2. The number of carbonyl (C=O) groups is 2. The average Bonchev–Trinajstić information content (AvgIpc) is 2.67. The van der Waals surface area contributed by atoms with Crippen LogP contribution >= 0.6 is 0 Å². The van der Waals surface area contributed by atoms with E-state index in [2.05, 4.69) is 5.32 Å². The maximum absolute atomic E-state index is 13.1. The fourth-order valence-corrected chi connectivity index (χ4v) is 2.43. The fourth-order valence-electron chi connectivity index (χ4n) is 2.43. The molecule has 1 aliphatic rings. The number of imide groups is 1. The zero-order valence-electron chi connectivity index (χ0n) is 12.0. The molecule has 1 aromatic rings. The van der Waals surface area contributed by atoms with Gasteiger partial charge in [-0.05, 0) is 18.6 Å². The zero-order chi connectivity index (χ0) is 16.5. The molecular formula is C14H15F3N2O3. The van der Waals surface area contributed by atoms with Crippen LogP contribution in [-0.2, 0) is 21.2 Å². The van der Waals surface area contributed by atoms with Gasteiger partial charge in [0.05, 0.1) is 18.7 Å². The normalized spacial score (nSPS) is 22.1. The summed E-state index contributed by atoms with van der Waals surface area (Å²) in [7, 11) is 1.40. The van der Waals surface area contributed by atoms with Crippen molar-refractivity contribution in [2.75, 3.05) is 20.3 Å². The van der Waals surface area contributed by atoms with Gasteiger partial charge in [0.2, 0.25) is 0 Å². The van der Waals surface area contributed by atoms with E-state index in [1.54, 1.807) is 0 Å². The van der Waals surface area contributed by atoms with E-state index in [9.17, 15) is 22.8 Å². The second-order valence-electron chi connectivity index (χ2n) is 5.05. The number of amides is 3. The third kappa shape index (κ3) is 2.66. The number of methoxy groups -OCH3 is 1. The van der Waals surface area contributed by atoms with E-state index in [0.717, 1.165) is 11.0 Å². The number of nitrogens with zero attached hydrogens (tertiary/aromatic N) is 1. The van der Waals surface area contributed by atoms with Gasteiger partial charge in [-0.15, -0.1) is 0 Å². The van der Waals surface area contributed by atoms with Crippen LogP contribution in [0.4, 0.5) is 18.0 Å². The lowest BCUT2D eigenvalue weighted by atomic mass is 9.88. The maximum Gasteiger partial charge on any atom is 0.416 e. The molecule has 0 aromatic heterocycles. The monoisotopic (exact) mass is 316 g/mol. The number of hydrogen-bond acceptors (Lipinski definition) is 3. The quantitative estimate of drug-likeness (QED) is 0.866. The lowest BCUT2D eigenvalue weighted by Crippen LogP contribution is -2.42. The van der Waals surface area contributed by atoms with E-state index in [4.69, 9.17) is 4.74 Å². The lowest BCUT2D eigenvalue weighted by molar-refractivity contribution is -0.140. The van der Waals surface area contributed by atoms with Crippen LogP contribution in [0.1, 0.15) is 18.1 Å². The molecule has 5 nitrogen and oxygen atoms in total. The Bertz CT molecular complexity index is 603. The Morgan fingerprint density at radius 1 is 1.27 bits per heavy atom.